The first-order valence-electron chi connectivity index (χ1n) is 3.68. The molecule has 1 heterocycles. The Morgan fingerprint density at radius 3 is 2.54 bits per heavy atom. The minimum Gasteiger partial charge on any atom is -0.322 e. The van der Waals surface area contributed by atoms with Crippen LogP contribution in [0.3, 0.4) is 0 Å². The zero-order valence-electron chi connectivity index (χ0n) is 6.86. The molecular weight excluding hydrogens is 170 g/mol. The van der Waals surface area contributed by atoms with Crippen molar-refractivity contribution in [1.29, 1.82) is 0 Å². The molecule has 0 aliphatic carbocycles. The van der Waals surface area contributed by atoms with E-state index in [0.29, 0.717) is 5.56 Å². The molecule has 1 aromatic heterocycles. The third kappa shape index (κ3) is 2.64. The Morgan fingerprint density at radius 1 is 1.38 bits per heavy atom. The van der Waals surface area contributed by atoms with Crippen molar-refractivity contribution >= 4 is 11.8 Å². The number of hydrogen-bond donors (Lipinski definition) is 2. The van der Waals surface area contributed by atoms with Crippen molar-refractivity contribution in [3.05, 3.63) is 30.1 Å². The van der Waals surface area contributed by atoms with Gasteiger partial charge in [-0.15, -0.1) is 0 Å². The first-order valence-corrected chi connectivity index (χ1v) is 3.68. The Labute approximate surface area is 75.0 Å². The molecule has 0 atom stereocenters. The second-order valence-electron chi connectivity index (χ2n) is 2.32. The maximum Gasteiger partial charge on any atom is 0.257 e. The minimum absolute atomic E-state index is 0.198. The molecule has 13 heavy (non-hydrogen) atoms. The van der Waals surface area contributed by atoms with E-state index in [9.17, 15) is 9.59 Å². The predicted molar refractivity (Wildman–Crippen MR) is 45.8 cm³/mol. The number of amides is 2. The van der Waals surface area contributed by atoms with Crippen LogP contribution in [-0.4, -0.2) is 23.3 Å². The van der Waals surface area contributed by atoms with Gasteiger partial charge in [0.05, 0.1) is 6.54 Å². The smallest absolute Gasteiger partial charge is 0.257 e. The summed E-state index contributed by atoms with van der Waals surface area (Å²) in [4.78, 5) is 25.7. The van der Waals surface area contributed by atoms with E-state index in [-0.39, 0.29) is 6.54 Å². The summed E-state index contributed by atoms with van der Waals surface area (Å²) in [6.45, 7) is -0.198. The Kier molecular flexibility index (Phi) is 3.10. The van der Waals surface area contributed by atoms with Crippen LogP contribution in [0.15, 0.2) is 24.5 Å². The van der Waals surface area contributed by atoms with Crippen LogP contribution in [0.4, 0.5) is 0 Å². The number of aromatic nitrogens is 1. The van der Waals surface area contributed by atoms with Gasteiger partial charge in [0.1, 0.15) is 0 Å². The second-order valence-corrected chi connectivity index (χ2v) is 2.32. The molecule has 0 fully saturated rings. The monoisotopic (exact) mass is 179 g/mol. The molecule has 2 amide bonds. The zero-order valence-corrected chi connectivity index (χ0v) is 6.86. The van der Waals surface area contributed by atoms with Crippen molar-refractivity contribution in [2.75, 3.05) is 6.54 Å². The molecule has 5 nitrogen and oxygen atoms in total. The zero-order chi connectivity index (χ0) is 9.68. The highest BCUT2D eigenvalue weighted by molar-refractivity contribution is 6.04. The van der Waals surface area contributed by atoms with Gasteiger partial charge in [-0.2, -0.15) is 0 Å². The lowest BCUT2D eigenvalue weighted by Gasteiger charge is -2.00. The lowest BCUT2D eigenvalue weighted by atomic mass is 10.2. The third-order valence-corrected chi connectivity index (χ3v) is 1.38. The summed E-state index contributed by atoms with van der Waals surface area (Å²) in [5.41, 5.74) is 5.41. The number of nitrogens with two attached hydrogens (primary N) is 1. The Balaban J connectivity index is 2.65. The molecule has 0 aromatic carbocycles. The summed E-state index contributed by atoms with van der Waals surface area (Å²) in [7, 11) is 0. The molecule has 0 unspecified atom stereocenters. The van der Waals surface area contributed by atoms with E-state index in [2.05, 4.69) is 10.3 Å². The van der Waals surface area contributed by atoms with Gasteiger partial charge in [-0.05, 0) is 12.1 Å². The number of nitrogens with one attached hydrogen (secondary N) is 1. The highest BCUT2D eigenvalue weighted by atomic mass is 16.2. The number of imide groups is 1. The largest absolute Gasteiger partial charge is 0.322 e. The van der Waals surface area contributed by atoms with Crippen molar-refractivity contribution < 1.29 is 9.59 Å². The van der Waals surface area contributed by atoms with E-state index in [1.807, 2.05) is 0 Å². The Hall–Kier alpha value is -1.75. The van der Waals surface area contributed by atoms with E-state index in [1.165, 1.54) is 24.5 Å². The topological polar surface area (TPSA) is 85.1 Å². The molecule has 5 heteroatoms. The molecule has 0 saturated heterocycles. The van der Waals surface area contributed by atoms with Crippen LogP contribution < -0.4 is 11.1 Å². The molecular formula is C8H9N3O2. The first kappa shape index (κ1) is 9.34. The van der Waals surface area contributed by atoms with Gasteiger partial charge in [0.15, 0.2) is 0 Å². The van der Waals surface area contributed by atoms with E-state index in [1.54, 1.807) is 0 Å². The average molecular weight is 179 g/mol. The number of nitrogens with zero attached hydrogens (tertiary/aromatic N) is 1. The van der Waals surface area contributed by atoms with Crippen LogP contribution in [0.2, 0.25) is 0 Å². The van der Waals surface area contributed by atoms with Gasteiger partial charge >= 0.3 is 0 Å². The van der Waals surface area contributed by atoms with Crippen molar-refractivity contribution in [1.82, 2.24) is 10.3 Å². The quantitative estimate of drug-likeness (QED) is 0.628. The van der Waals surface area contributed by atoms with Gasteiger partial charge < -0.3 is 5.73 Å². The summed E-state index contributed by atoms with van der Waals surface area (Å²) in [6.07, 6.45) is 2.95. The van der Waals surface area contributed by atoms with Gasteiger partial charge in [-0.1, -0.05) is 0 Å². The molecule has 3 N–H and O–H groups in total. The molecule has 0 radical (unpaired) electrons. The van der Waals surface area contributed by atoms with Gasteiger partial charge in [-0.3, -0.25) is 19.9 Å². The number of pyridine rings is 1. The summed E-state index contributed by atoms with van der Waals surface area (Å²) < 4.78 is 0. The molecule has 0 aliphatic rings. The first-order chi connectivity index (χ1) is 6.24. The van der Waals surface area contributed by atoms with E-state index in [4.69, 9.17) is 5.73 Å². The normalized spacial score (nSPS) is 9.31. The average Bonchev–Trinajstić information content (AvgIpc) is 2.19. The highest BCUT2D eigenvalue weighted by Gasteiger charge is 2.07. The van der Waals surface area contributed by atoms with Gasteiger partial charge in [0.2, 0.25) is 5.91 Å². The van der Waals surface area contributed by atoms with Crippen molar-refractivity contribution in [3.63, 3.8) is 0 Å². The maximum atomic E-state index is 11.2. The number of carbonyl (C=O) groups excluding carboxylic acids is 2. The van der Waals surface area contributed by atoms with Crippen LogP contribution >= 0.6 is 0 Å². The molecule has 0 bridgehead atoms. The van der Waals surface area contributed by atoms with Crippen molar-refractivity contribution in [2.24, 2.45) is 5.73 Å². The molecule has 1 rings (SSSR count). The Bertz CT molecular complexity index is 310. The fraction of sp³-hybridized carbons (Fsp3) is 0.125. The second kappa shape index (κ2) is 4.32. The van der Waals surface area contributed by atoms with Gasteiger partial charge in [-0.25, -0.2) is 0 Å². The summed E-state index contributed by atoms with van der Waals surface area (Å²) in [5, 5.41) is 2.12. The lowest BCUT2D eigenvalue weighted by molar-refractivity contribution is -0.118. The molecule has 0 saturated carbocycles. The van der Waals surface area contributed by atoms with Crippen LogP contribution in [0.5, 0.6) is 0 Å². The third-order valence-electron chi connectivity index (χ3n) is 1.38. The van der Waals surface area contributed by atoms with Gasteiger partial charge in [0, 0.05) is 18.0 Å². The Morgan fingerprint density at radius 2 is 2.00 bits per heavy atom. The highest BCUT2D eigenvalue weighted by Crippen LogP contribution is 1.94. The summed E-state index contributed by atoms with van der Waals surface area (Å²) >= 11 is 0. The summed E-state index contributed by atoms with van der Waals surface area (Å²) in [5.74, 6) is -0.959. The number of carbonyl (C=O) groups is 2. The fourth-order valence-electron chi connectivity index (χ4n) is 0.753. The number of rotatable bonds is 2. The maximum absolute atomic E-state index is 11.2. The van der Waals surface area contributed by atoms with Gasteiger partial charge in [0.25, 0.3) is 5.91 Å². The minimum atomic E-state index is -0.498. The molecule has 1 aromatic rings. The predicted octanol–water partition coefficient (Wildman–Crippen LogP) is -0.703. The standard InChI is InChI=1S/C8H9N3O2/c9-5-7(12)11-8(13)6-1-3-10-4-2-6/h1-4H,5,9H2,(H,11,12,13). The molecule has 0 aliphatic heterocycles. The molecule has 68 valence electrons. The van der Waals surface area contributed by atoms with Crippen LogP contribution in [0.25, 0.3) is 0 Å². The number of hydrogen-bond acceptors (Lipinski definition) is 4. The van der Waals surface area contributed by atoms with E-state index in [0.717, 1.165) is 0 Å². The van der Waals surface area contributed by atoms with E-state index < -0.39 is 11.8 Å². The van der Waals surface area contributed by atoms with Crippen molar-refractivity contribution in [3.8, 4) is 0 Å². The summed E-state index contributed by atoms with van der Waals surface area (Å²) in [6, 6.07) is 3.03. The fourth-order valence-corrected chi connectivity index (χ4v) is 0.753. The van der Waals surface area contributed by atoms with Crippen LogP contribution in [0.1, 0.15) is 10.4 Å². The lowest BCUT2D eigenvalue weighted by Crippen LogP contribution is -2.35. The van der Waals surface area contributed by atoms with Crippen molar-refractivity contribution in [2.45, 2.75) is 0 Å². The van der Waals surface area contributed by atoms with E-state index >= 15 is 0 Å². The van der Waals surface area contributed by atoms with Crippen LogP contribution in [0, 0.1) is 0 Å². The molecule has 0 spiro atoms. The SMILES string of the molecule is NCC(=O)NC(=O)c1ccncc1. The van der Waals surface area contributed by atoms with Crippen LogP contribution in [-0.2, 0) is 4.79 Å².